The van der Waals surface area contributed by atoms with E-state index in [1.54, 1.807) is 6.07 Å². The van der Waals surface area contributed by atoms with Crippen LogP contribution in [-0.2, 0) is 4.79 Å². The van der Waals surface area contributed by atoms with Gasteiger partial charge in [-0.25, -0.2) is 4.39 Å². The molecule has 1 amide bonds. The summed E-state index contributed by atoms with van der Waals surface area (Å²) in [4.78, 5) is 11.1. The molecule has 0 unspecified atom stereocenters. The van der Waals surface area contributed by atoms with Crippen LogP contribution >= 0.6 is 11.6 Å². The van der Waals surface area contributed by atoms with E-state index in [9.17, 15) is 9.18 Å². The topological polar surface area (TPSA) is 64.9 Å². The third kappa shape index (κ3) is 3.75. The van der Waals surface area contributed by atoms with Gasteiger partial charge in [0.05, 0.1) is 18.3 Å². The second kappa shape index (κ2) is 5.93. The van der Waals surface area contributed by atoms with Crippen LogP contribution in [0.1, 0.15) is 0 Å². The first-order valence-corrected chi connectivity index (χ1v) is 4.84. The molecule has 0 radical (unpaired) electrons. The molecule has 6 heteroatoms. The number of benzene rings is 1. The van der Waals surface area contributed by atoms with Crippen LogP contribution in [0, 0.1) is 17.1 Å². The lowest BCUT2D eigenvalue weighted by Crippen LogP contribution is -2.30. The SMILES string of the molecule is N#CCNC(=O)CNc1cc(Cl)ccc1F. The van der Waals surface area contributed by atoms with Crippen LogP contribution in [0.15, 0.2) is 18.2 Å². The van der Waals surface area contributed by atoms with Crippen LogP contribution in [0.4, 0.5) is 10.1 Å². The summed E-state index contributed by atoms with van der Waals surface area (Å²) in [5.74, 6) is -0.876. The zero-order chi connectivity index (χ0) is 12.0. The summed E-state index contributed by atoms with van der Waals surface area (Å²) in [6.07, 6.45) is 0. The smallest absolute Gasteiger partial charge is 0.240 e. The maximum absolute atomic E-state index is 13.2. The van der Waals surface area contributed by atoms with Crippen molar-refractivity contribution < 1.29 is 9.18 Å². The van der Waals surface area contributed by atoms with Crippen LogP contribution in [-0.4, -0.2) is 19.0 Å². The normalized spacial score (nSPS) is 9.31. The Kier molecular flexibility index (Phi) is 4.55. The molecule has 16 heavy (non-hydrogen) atoms. The number of carbonyl (C=O) groups is 1. The highest BCUT2D eigenvalue weighted by molar-refractivity contribution is 6.30. The zero-order valence-electron chi connectivity index (χ0n) is 8.26. The van der Waals surface area contributed by atoms with E-state index >= 15 is 0 Å². The van der Waals surface area contributed by atoms with Gasteiger partial charge in [0.2, 0.25) is 5.91 Å². The second-order valence-corrected chi connectivity index (χ2v) is 3.35. The molecule has 0 aliphatic heterocycles. The Morgan fingerprint density at radius 2 is 2.31 bits per heavy atom. The van der Waals surface area contributed by atoms with Gasteiger partial charge >= 0.3 is 0 Å². The standard InChI is InChI=1S/C10H9ClFN3O/c11-7-1-2-8(12)9(5-7)15-6-10(16)14-4-3-13/h1-2,5,15H,4,6H2,(H,14,16). The molecule has 0 fully saturated rings. The number of halogens is 2. The minimum Gasteiger partial charge on any atom is -0.374 e. The number of rotatable bonds is 4. The minimum atomic E-state index is -0.488. The summed E-state index contributed by atoms with van der Waals surface area (Å²) in [7, 11) is 0. The van der Waals surface area contributed by atoms with Crippen molar-refractivity contribution in [3.63, 3.8) is 0 Å². The number of carbonyl (C=O) groups excluding carboxylic acids is 1. The monoisotopic (exact) mass is 241 g/mol. The molecule has 2 N–H and O–H groups in total. The predicted octanol–water partition coefficient (Wildman–Crippen LogP) is 1.53. The highest BCUT2D eigenvalue weighted by atomic mass is 35.5. The molecule has 84 valence electrons. The van der Waals surface area contributed by atoms with Gasteiger partial charge in [0, 0.05) is 5.02 Å². The number of anilines is 1. The van der Waals surface area contributed by atoms with Gasteiger partial charge in [-0.15, -0.1) is 0 Å². The van der Waals surface area contributed by atoms with Crippen LogP contribution < -0.4 is 10.6 Å². The number of amides is 1. The summed E-state index contributed by atoms with van der Waals surface area (Å²) in [6, 6.07) is 5.77. The molecule has 4 nitrogen and oxygen atoms in total. The molecule has 0 saturated heterocycles. The van der Waals surface area contributed by atoms with E-state index in [0.29, 0.717) is 5.02 Å². The lowest BCUT2D eigenvalue weighted by Gasteiger charge is -2.07. The van der Waals surface area contributed by atoms with Gasteiger partial charge < -0.3 is 10.6 Å². The van der Waals surface area contributed by atoms with Crippen molar-refractivity contribution in [3.8, 4) is 6.07 Å². The minimum absolute atomic E-state index is 0.0709. The predicted molar refractivity (Wildman–Crippen MR) is 58.5 cm³/mol. The van der Waals surface area contributed by atoms with Crippen LogP contribution in [0.3, 0.4) is 0 Å². The van der Waals surface area contributed by atoms with E-state index in [2.05, 4.69) is 10.6 Å². The Bertz CT molecular complexity index is 431. The molecule has 0 heterocycles. The molecule has 0 bridgehead atoms. The van der Waals surface area contributed by atoms with Crippen molar-refractivity contribution in [1.29, 1.82) is 5.26 Å². The molecule has 1 aromatic carbocycles. The Morgan fingerprint density at radius 1 is 1.56 bits per heavy atom. The summed E-state index contributed by atoms with van der Waals surface area (Å²) in [5, 5.41) is 13.5. The van der Waals surface area contributed by atoms with Gasteiger partial charge in [0.1, 0.15) is 12.4 Å². The molecule has 0 aliphatic rings. The second-order valence-electron chi connectivity index (χ2n) is 2.91. The summed E-state index contributed by atoms with van der Waals surface area (Å²) >= 11 is 5.67. The number of nitrogens with zero attached hydrogens (tertiary/aromatic N) is 1. The van der Waals surface area contributed by atoms with Crippen molar-refractivity contribution in [1.82, 2.24) is 5.32 Å². The summed E-state index contributed by atoms with van der Waals surface area (Å²) in [6.45, 7) is -0.183. The fourth-order valence-corrected chi connectivity index (χ4v) is 1.18. The Hall–Kier alpha value is -1.80. The summed E-state index contributed by atoms with van der Waals surface area (Å²) < 4.78 is 13.2. The number of nitriles is 1. The first-order chi connectivity index (χ1) is 7.63. The maximum Gasteiger partial charge on any atom is 0.240 e. The van der Waals surface area contributed by atoms with E-state index in [4.69, 9.17) is 16.9 Å². The molecular weight excluding hydrogens is 233 g/mol. The molecule has 1 rings (SSSR count). The first kappa shape index (κ1) is 12.3. The first-order valence-electron chi connectivity index (χ1n) is 4.46. The fraction of sp³-hybridized carbons (Fsp3) is 0.200. The average molecular weight is 242 g/mol. The molecule has 0 aliphatic carbocycles. The van der Waals surface area contributed by atoms with Gasteiger partial charge in [-0.3, -0.25) is 4.79 Å². The van der Waals surface area contributed by atoms with Gasteiger partial charge in [-0.1, -0.05) is 11.6 Å². The van der Waals surface area contributed by atoms with Gasteiger partial charge in [0.25, 0.3) is 0 Å². The van der Waals surface area contributed by atoms with Crippen molar-refractivity contribution in [2.24, 2.45) is 0 Å². The molecule has 0 spiro atoms. The Labute approximate surface area is 97.0 Å². The lowest BCUT2D eigenvalue weighted by molar-refractivity contribution is -0.119. The van der Waals surface area contributed by atoms with E-state index < -0.39 is 5.82 Å². The average Bonchev–Trinajstić information content (AvgIpc) is 2.27. The van der Waals surface area contributed by atoms with Gasteiger partial charge in [-0.05, 0) is 18.2 Å². The van der Waals surface area contributed by atoms with Crippen LogP contribution in [0.5, 0.6) is 0 Å². The molecule has 1 aromatic rings. The van der Waals surface area contributed by atoms with Crippen LogP contribution in [0.25, 0.3) is 0 Å². The van der Waals surface area contributed by atoms with E-state index in [-0.39, 0.29) is 24.7 Å². The van der Waals surface area contributed by atoms with Crippen molar-refractivity contribution in [2.45, 2.75) is 0 Å². The molecule has 0 saturated carbocycles. The third-order valence-electron chi connectivity index (χ3n) is 1.73. The van der Waals surface area contributed by atoms with Gasteiger partial charge in [0.15, 0.2) is 0 Å². The molecular formula is C10H9ClFN3O. The van der Waals surface area contributed by atoms with Gasteiger partial charge in [-0.2, -0.15) is 5.26 Å². The highest BCUT2D eigenvalue weighted by Crippen LogP contribution is 2.18. The van der Waals surface area contributed by atoms with E-state index in [1.807, 2.05) is 0 Å². The number of nitrogens with one attached hydrogen (secondary N) is 2. The summed E-state index contributed by atoms with van der Waals surface area (Å²) in [5.41, 5.74) is 0.152. The zero-order valence-corrected chi connectivity index (χ0v) is 9.01. The Balaban J connectivity index is 2.51. The van der Waals surface area contributed by atoms with E-state index in [0.717, 1.165) is 0 Å². The maximum atomic E-state index is 13.2. The fourth-order valence-electron chi connectivity index (χ4n) is 1.01. The number of hydrogen-bond acceptors (Lipinski definition) is 3. The van der Waals surface area contributed by atoms with Crippen LogP contribution in [0.2, 0.25) is 5.02 Å². The van der Waals surface area contributed by atoms with Crippen molar-refractivity contribution in [3.05, 3.63) is 29.0 Å². The van der Waals surface area contributed by atoms with Crippen molar-refractivity contribution in [2.75, 3.05) is 18.4 Å². The third-order valence-corrected chi connectivity index (χ3v) is 1.97. The molecule has 0 atom stereocenters. The highest BCUT2D eigenvalue weighted by Gasteiger charge is 2.04. The van der Waals surface area contributed by atoms with Crippen molar-refractivity contribution >= 4 is 23.2 Å². The van der Waals surface area contributed by atoms with E-state index in [1.165, 1.54) is 18.2 Å². The lowest BCUT2D eigenvalue weighted by atomic mass is 10.3. The number of hydrogen-bond donors (Lipinski definition) is 2. The molecule has 0 aromatic heterocycles. The quantitative estimate of drug-likeness (QED) is 0.786. The largest absolute Gasteiger partial charge is 0.374 e. The Morgan fingerprint density at radius 3 is 3.00 bits per heavy atom.